The zero-order chi connectivity index (χ0) is 21.2. The monoisotopic (exact) mass is 457 g/mol. The third-order valence-corrected chi connectivity index (χ3v) is 5.65. The number of hydrogen-bond acceptors (Lipinski definition) is 2. The van der Waals surface area contributed by atoms with E-state index in [2.05, 4.69) is 6.92 Å². The molecule has 1 rings (SSSR count). The summed E-state index contributed by atoms with van der Waals surface area (Å²) in [6.45, 7) is 2.31. The van der Waals surface area contributed by atoms with Gasteiger partial charge in [0, 0.05) is 18.6 Å². The van der Waals surface area contributed by atoms with Gasteiger partial charge in [-0.25, -0.2) is 0 Å². The molecule has 0 N–H and O–H groups in total. The van der Waals surface area contributed by atoms with Gasteiger partial charge in [-0.1, -0.05) is 96.8 Å². The highest BCUT2D eigenvalue weighted by Gasteiger charge is 2.19. The smallest absolute Gasteiger partial charge is 0.286 e. The molecular weight excluding hydrogens is 417 g/mol. The molecule has 0 aliphatic heterocycles. The molecule has 5 heteroatoms. The third kappa shape index (κ3) is 15.0. The molecule has 0 unspecified atom stereocenters. The van der Waals surface area contributed by atoms with Crippen molar-refractivity contribution in [1.29, 1.82) is 0 Å². The fraction of sp³-hybridized carbons (Fsp3) is 0.720. The van der Waals surface area contributed by atoms with Crippen LogP contribution in [0, 0.1) is 0 Å². The van der Waals surface area contributed by atoms with Gasteiger partial charge in [-0.3, -0.25) is 9.59 Å². The molecule has 1 heterocycles. The summed E-state index contributed by atoms with van der Waals surface area (Å²) in [5.74, 6) is 0.0956. The minimum Gasteiger partial charge on any atom is -1.00 e. The number of halogens is 2. The number of carbonyl (C=O) groups excluding carboxylic acids is 2. The van der Waals surface area contributed by atoms with Gasteiger partial charge >= 0.3 is 0 Å². The van der Waals surface area contributed by atoms with Crippen molar-refractivity contribution in [1.82, 2.24) is 0 Å². The lowest BCUT2D eigenvalue weighted by atomic mass is 10.0. The summed E-state index contributed by atoms with van der Waals surface area (Å²) in [4.78, 5) is 23.5. The number of Topliss-reactive ketones (excluding diaryl/α,β-unsaturated/α-hetero) is 1. The molecule has 0 saturated carbocycles. The van der Waals surface area contributed by atoms with Crippen molar-refractivity contribution in [3.63, 3.8) is 0 Å². The van der Waals surface area contributed by atoms with Crippen LogP contribution in [-0.4, -0.2) is 11.0 Å². The summed E-state index contributed by atoms with van der Waals surface area (Å²) < 4.78 is 1.64. The first-order valence-electron chi connectivity index (χ1n) is 11.8. The number of carbonyl (C=O) groups is 2. The van der Waals surface area contributed by atoms with Gasteiger partial charge in [0.1, 0.15) is 0 Å². The first-order chi connectivity index (χ1) is 14.1. The van der Waals surface area contributed by atoms with Gasteiger partial charge in [-0.05, 0) is 24.1 Å². The van der Waals surface area contributed by atoms with Crippen molar-refractivity contribution in [3.8, 4) is 0 Å². The average Bonchev–Trinajstić information content (AvgIpc) is 2.70. The molecule has 1 aromatic rings. The molecule has 0 aliphatic carbocycles. The van der Waals surface area contributed by atoms with Crippen LogP contribution in [0.2, 0.25) is 0 Å². The number of pyridine rings is 1. The van der Waals surface area contributed by atoms with E-state index in [-0.39, 0.29) is 24.7 Å². The van der Waals surface area contributed by atoms with E-state index in [1.165, 1.54) is 83.5 Å². The minimum absolute atomic E-state index is 0. The molecular formula is C25H41Cl2NO2. The predicted molar refractivity (Wildman–Crippen MR) is 121 cm³/mol. The molecule has 30 heavy (non-hydrogen) atoms. The number of hydrogen-bond donors (Lipinski definition) is 0. The second-order valence-electron chi connectivity index (χ2n) is 8.19. The lowest BCUT2D eigenvalue weighted by Crippen LogP contribution is -3.00. The second-order valence-corrected chi connectivity index (χ2v) is 8.61. The normalized spacial score (nSPS) is 10.6. The summed E-state index contributed by atoms with van der Waals surface area (Å²) in [5.41, 5.74) is 0.576. The summed E-state index contributed by atoms with van der Waals surface area (Å²) in [7, 11) is 0. The Morgan fingerprint density at radius 1 is 0.767 bits per heavy atom. The first-order valence-corrected chi connectivity index (χ1v) is 12.2. The molecule has 3 nitrogen and oxygen atoms in total. The van der Waals surface area contributed by atoms with E-state index in [4.69, 9.17) is 11.6 Å². The van der Waals surface area contributed by atoms with Gasteiger partial charge in [-0.15, -0.1) is 0 Å². The Bertz CT molecular complexity index is 578. The summed E-state index contributed by atoms with van der Waals surface area (Å²) in [6, 6.07) is 5.41. The highest BCUT2D eigenvalue weighted by molar-refractivity contribution is 6.63. The maximum absolute atomic E-state index is 12.4. The van der Waals surface area contributed by atoms with Gasteiger partial charge in [0.05, 0.1) is 0 Å². The van der Waals surface area contributed by atoms with E-state index in [1.807, 2.05) is 12.1 Å². The topological polar surface area (TPSA) is 38.0 Å². The van der Waals surface area contributed by atoms with Gasteiger partial charge in [0.2, 0.25) is 18.0 Å². The fourth-order valence-corrected chi connectivity index (χ4v) is 3.91. The van der Waals surface area contributed by atoms with Crippen LogP contribution in [0.3, 0.4) is 0 Å². The second kappa shape index (κ2) is 20.0. The molecule has 172 valence electrons. The molecule has 0 aromatic carbocycles. The number of aromatic nitrogens is 1. The number of unbranched alkanes of at least 4 members (excludes halogenated alkanes) is 14. The van der Waals surface area contributed by atoms with Crippen molar-refractivity contribution in [2.24, 2.45) is 0 Å². The summed E-state index contributed by atoms with van der Waals surface area (Å²) in [6.07, 6.45) is 22.0. The molecule has 0 bridgehead atoms. The Morgan fingerprint density at radius 3 is 1.70 bits per heavy atom. The van der Waals surface area contributed by atoms with Crippen LogP contribution < -0.4 is 17.0 Å². The fourth-order valence-electron chi connectivity index (χ4n) is 3.79. The maximum atomic E-state index is 12.4. The van der Waals surface area contributed by atoms with E-state index in [1.54, 1.807) is 16.8 Å². The van der Waals surface area contributed by atoms with Crippen LogP contribution in [0.25, 0.3) is 0 Å². The Balaban J connectivity index is 0.00000841. The number of ketones is 1. The number of rotatable bonds is 19. The van der Waals surface area contributed by atoms with Gasteiger partial charge in [0.15, 0.2) is 6.20 Å². The van der Waals surface area contributed by atoms with E-state index < -0.39 is 5.24 Å². The van der Waals surface area contributed by atoms with Gasteiger partial charge < -0.3 is 12.4 Å². The van der Waals surface area contributed by atoms with E-state index >= 15 is 0 Å². The first kappa shape index (κ1) is 29.1. The Morgan fingerprint density at radius 2 is 1.23 bits per heavy atom. The SMILES string of the molecule is CCCCCCCCCCCCCCCCCC(=O)c1cccc[n+]1CC(=O)Cl.[Cl-]. The van der Waals surface area contributed by atoms with E-state index in [9.17, 15) is 9.59 Å². The summed E-state index contributed by atoms with van der Waals surface area (Å²) >= 11 is 5.46. The minimum atomic E-state index is -0.456. The molecule has 0 atom stereocenters. The zero-order valence-electron chi connectivity index (χ0n) is 18.8. The summed E-state index contributed by atoms with van der Waals surface area (Å²) in [5, 5.41) is -0.456. The lowest BCUT2D eigenvalue weighted by molar-refractivity contribution is -0.685. The Hall–Kier alpha value is -0.930. The standard InChI is InChI=1S/C25H41ClNO2.ClH/c1-2-3-4-5-6-7-8-9-10-11-12-13-14-15-16-20-24(28)23-19-17-18-21-27(23)22-25(26)29;/h17-19,21H,2-16,20,22H2,1H3;1H/q+1;/p-1. The number of nitrogens with zero attached hydrogens (tertiary/aromatic N) is 1. The molecule has 0 radical (unpaired) electrons. The lowest BCUT2D eigenvalue weighted by Gasteiger charge is -2.04. The van der Waals surface area contributed by atoms with Crippen LogP contribution in [0.5, 0.6) is 0 Å². The van der Waals surface area contributed by atoms with Crippen LogP contribution in [-0.2, 0) is 11.3 Å². The van der Waals surface area contributed by atoms with Gasteiger partial charge in [0.25, 0.3) is 5.24 Å². The molecule has 0 fully saturated rings. The van der Waals surface area contributed by atoms with Crippen LogP contribution in [0.15, 0.2) is 24.4 Å². The molecule has 0 aliphatic rings. The van der Waals surface area contributed by atoms with Crippen molar-refractivity contribution in [2.75, 3.05) is 0 Å². The predicted octanol–water partition coefficient (Wildman–Crippen LogP) is 4.19. The van der Waals surface area contributed by atoms with E-state index in [0.29, 0.717) is 12.1 Å². The van der Waals surface area contributed by atoms with Crippen molar-refractivity contribution in [2.45, 2.75) is 116 Å². The molecule has 1 aromatic heterocycles. The van der Waals surface area contributed by atoms with Crippen molar-refractivity contribution >= 4 is 22.6 Å². The van der Waals surface area contributed by atoms with E-state index in [0.717, 1.165) is 12.8 Å². The van der Waals surface area contributed by atoms with Crippen LogP contribution in [0.1, 0.15) is 120 Å². The van der Waals surface area contributed by atoms with Crippen molar-refractivity contribution in [3.05, 3.63) is 30.1 Å². The Labute approximate surface area is 195 Å². The molecule has 0 saturated heterocycles. The molecule has 0 amide bonds. The largest absolute Gasteiger partial charge is 1.00 e. The maximum Gasteiger partial charge on any atom is 0.286 e. The zero-order valence-corrected chi connectivity index (χ0v) is 20.4. The van der Waals surface area contributed by atoms with Gasteiger partial charge in [-0.2, -0.15) is 4.57 Å². The Kier molecular flexibility index (Phi) is 19.4. The highest BCUT2D eigenvalue weighted by Crippen LogP contribution is 2.14. The van der Waals surface area contributed by atoms with Crippen LogP contribution >= 0.6 is 11.6 Å². The average molecular weight is 459 g/mol. The van der Waals surface area contributed by atoms with Crippen molar-refractivity contribution < 1.29 is 26.6 Å². The quantitative estimate of drug-likeness (QED) is 0.135. The highest BCUT2D eigenvalue weighted by atomic mass is 35.5. The molecule has 0 spiro atoms. The van der Waals surface area contributed by atoms with Crippen LogP contribution in [0.4, 0.5) is 0 Å². The third-order valence-electron chi connectivity index (χ3n) is 5.53.